The van der Waals surface area contributed by atoms with Crippen LogP contribution in [0.4, 0.5) is 11.4 Å². The fourth-order valence-corrected chi connectivity index (χ4v) is 3.75. The Kier molecular flexibility index (Phi) is 4.57. The Morgan fingerprint density at radius 3 is 2.46 bits per heavy atom. The normalized spacial score (nSPS) is 16.1. The van der Waals surface area contributed by atoms with E-state index >= 15 is 0 Å². The Morgan fingerprint density at radius 1 is 1.07 bits per heavy atom. The summed E-state index contributed by atoms with van der Waals surface area (Å²) in [4.78, 5) is 29.2. The van der Waals surface area contributed by atoms with E-state index < -0.39 is 12.1 Å². The summed E-state index contributed by atoms with van der Waals surface area (Å²) in [5.74, 6) is -0.786. The van der Waals surface area contributed by atoms with E-state index in [-0.39, 0.29) is 11.7 Å². The maximum atomic E-state index is 13.5. The van der Waals surface area contributed by atoms with Gasteiger partial charge < -0.3 is 14.1 Å². The van der Waals surface area contributed by atoms with Gasteiger partial charge in [-0.15, -0.1) is 0 Å². The van der Waals surface area contributed by atoms with Crippen LogP contribution in [-0.2, 0) is 4.74 Å². The van der Waals surface area contributed by atoms with Gasteiger partial charge in [-0.05, 0) is 30.3 Å². The van der Waals surface area contributed by atoms with Crippen molar-refractivity contribution in [2.45, 2.75) is 6.17 Å². The fourth-order valence-electron chi connectivity index (χ4n) is 3.52. The molecule has 1 atom stereocenters. The molecule has 1 amide bonds. The summed E-state index contributed by atoms with van der Waals surface area (Å²) in [6.07, 6.45) is 0.765. The van der Waals surface area contributed by atoms with Gasteiger partial charge in [0.05, 0.1) is 35.3 Å². The first-order valence-corrected chi connectivity index (χ1v) is 8.98. The molecule has 2 heterocycles. The molecule has 142 valence electrons. The molecule has 7 heteroatoms. The van der Waals surface area contributed by atoms with Crippen LogP contribution in [0.15, 0.2) is 65.3 Å². The van der Waals surface area contributed by atoms with Gasteiger partial charge in [0.1, 0.15) is 6.17 Å². The number of hydrogen-bond acceptors (Lipinski definition) is 5. The first-order chi connectivity index (χ1) is 13.5. The summed E-state index contributed by atoms with van der Waals surface area (Å²) < 4.78 is 10.2. The molecule has 6 nitrogen and oxygen atoms in total. The number of amides is 1. The minimum atomic E-state index is -0.643. The lowest BCUT2D eigenvalue weighted by atomic mass is 10.0. The smallest absolute Gasteiger partial charge is 0.374 e. The van der Waals surface area contributed by atoms with Gasteiger partial charge in [0, 0.05) is 12.6 Å². The summed E-state index contributed by atoms with van der Waals surface area (Å²) in [6.45, 7) is 0. The predicted molar refractivity (Wildman–Crippen MR) is 106 cm³/mol. The van der Waals surface area contributed by atoms with E-state index in [0.29, 0.717) is 21.8 Å². The molecule has 0 bridgehead atoms. The number of furan rings is 1. The first kappa shape index (κ1) is 18.1. The molecule has 4 rings (SSSR count). The van der Waals surface area contributed by atoms with Crippen molar-refractivity contribution in [3.05, 3.63) is 82.8 Å². The van der Waals surface area contributed by atoms with Crippen LogP contribution in [0.1, 0.15) is 32.6 Å². The van der Waals surface area contributed by atoms with Crippen LogP contribution in [-0.4, -0.2) is 26.0 Å². The van der Waals surface area contributed by atoms with E-state index in [1.54, 1.807) is 35.2 Å². The zero-order valence-corrected chi connectivity index (χ0v) is 16.0. The van der Waals surface area contributed by atoms with Crippen molar-refractivity contribution < 1.29 is 18.7 Å². The molecule has 1 aliphatic heterocycles. The maximum absolute atomic E-state index is 13.5. The molecule has 2 aromatic carbocycles. The van der Waals surface area contributed by atoms with E-state index in [4.69, 9.17) is 20.8 Å². The number of esters is 1. The molecule has 0 N–H and O–H groups in total. The summed E-state index contributed by atoms with van der Waals surface area (Å²) >= 11 is 6.43. The van der Waals surface area contributed by atoms with Crippen LogP contribution in [0, 0.1) is 0 Å². The number of hydrogen-bond donors (Lipinski definition) is 0. The van der Waals surface area contributed by atoms with Crippen LogP contribution in [0.2, 0.25) is 5.02 Å². The zero-order chi connectivity index (χ0) is 19.8. The Bertz CT molecular complexity index is 1060. The van der Waals surface area contributed by atoms with E-state index in [0.717, 1.165) is 5.69 Å². The number of ether oxygens (including phenoxy) is 1. The minimum Gasteiger partial charge on any atom is -0.463 e. The number of methoxy groups -OCH3 is 1. The topological polar surface area (TPSA) is 63.0 Å². The van der Waals surface area contributed by atoms with Crippen molar-refractivity contribution in [3.63, 3.8) is 0 Å². The van der Waals surface area contributed by atoms with Crippen molar-refractivity contribution >= 4 is 34.9 Å². The van der Waals surface area contributed by atoms with Crippen molar-refractivity contribution in [2.24, 2.45) is 0 Å². The van der Waals surface area contributed by atoms with Gasteiger partial charge in [-0.25, -0.2) is 4.79 Å². The molecule has 0 fully saturated rings. The Morgan fingerprint density at radius 2 is 1.75 bits per heavy atom. The highest BCUT2D eigenvalue weighted by molar-refractivity contribution is 6.34. The number of rotatable bonds is 3. The van der Waals surface area contributed by atoms with Crippen LogP contribution >= 0.6 is 11.6 Å². The third kappa shape index (κ3) is 2.73. The number of halogens is 1. The summed E-state index contributed by atoms with van der Waals surface area (Å²) in [7, 11) is 3.14. The van der Waals surface area contributed by atoms with Crippen molar-refractivity contribution in [1.82, 2.24) is 0 Å². The molecule has 0 spiro atoms. The van der Waals surface area contributed by atoms with Crippen LogP contribution in [0.25, 0.3) is 0 Å². The zero-order valence-electron chi connectivity index (χ0n) is 15.3. The number of anilines is 2. The lowest BCUT2D eigenvalue weighted by Crippen LogP contribution is -2.48. The van der Waals surface area contributed by atoms with Crippen molar-refractivity contribution in [2.75, 3.05) is 24.0 Å². The van der Waals surface area contributed by atoms with Crippen LogP contribution in [0.3, 0.4) is 0 Å². The average molecular weight is 397 g/mol. The number of carbonyl (C=O) groups excluding carboxylic acids is 2. The third-order valence-corrected chi connectivity index (χ3v) is 5.12. The van der Waals surface area contributed by atoms with Gasteiger partial charge in [0.15, 0.2) is 0 Å². The molecular weight excluding hydrogens is 380 g/mol. The van der Waals surface area contributed by atoms with Gasteiger partial charge in [-0.1, -0.05) is 35.9 Å². The number of benzene rings is 2. The van der Waals surface area contributed by atoms with Crippen molar-refractivity contribution in [1.29, 1.82) is 0 Å². The van der Waals surface area contributed by atoms with E-state index in [1.807, 2.05) is 36.2 Å². The Hall–Kier alpha value is -3.25. The average Bonchev–Trinajstić information content (AvgIpc) is 3.20. The molecule has 1 aliphatic rings. The van der Waals surface area contributed by atoms with Gasteiger partial charge in [0.2, 0.25) is 5.76 Å². The fraction of sp³-hybridized carbons (Fsp3) is 0.143. The second kappa shape index (κ2) is 7.05. The standard InChI is InChI=1S/C21H17ClN2O4/c1-23-16-9-5-3-7-13(16)20(25)24(17-10-6-4-8-15(17)22)19(23)14-11-12-28-18(14)21(26)27-2/h3-12,19H,1-2H3/t19-/m1/s1. The highest BCUT2D eigenvalue weighted by Crippen LogP contribution is 2.43. The quantitative estimate of drug-likeness (QED) is 0.609. The number of para-hydroxylation sites is 2. The molecule has 0 aliphatic carbocycles. The number of carbonyl (C=O) groups is 2. The molecule has 0 saturated carbocycles. The molecule has 28 heavy (non-hydrogen) atoms. The monoisotopic (exact) mass is 396 g/mol. The highest BCUT2D eigenvalue weighted by atomic mass is 35.5. The predicted octanol–water partition coefficient (Wildman–Crippen LogP) is 4.52. The molecule has 0 saturated heterocycles. The van der Waals surface area contributed by atoms with Crippen molar-refractivity contribution in [3.8, 4) is 0 Å². The summed E-state index contributed by atoms with van der Waals surface area (Å²) in [5.41, 5.74) is 2.34. The molecule has 3 aromatic rings. The van der Waals surface area contributed by atoms with E-state index in [1.165, 1.54) is 13.4 Å². The summed E-state index contributed by atoms with van der Waals surface area (Å²) in [5, 5.41) is 0.428. The molecule has 0 unspecified atom stereocenters. The third-order valence-electron chi connectivity index (χ3n) is 4.80. The van der Waals surface area contributed by atoms with Gasteiger partial charge in [-0.3, -0.25) is 9.69 Å². The lowest BCUT2D eigenvalue weighted by molar-refractivity contribution is 0.0561. The molecular formula is C21H17ClN2O4. The molecule has 0 radical (unpaired) electrons. The lowest BCUT2D eigenvalue weighted by Gasteiger charge is -2.43. The molecule has 1 aromatic heterocycles. The largest absolute Gasteiger partial charge is 0.463 e. The SMILES string of the molecule is COC(=O)c1occc1[C@@H]1N(C)c2ccccc2C(=O)N1c1ccccc1Cl. The van der Waals surface area contributed by atoms with Gasteiger partial charge in [-0.2, -0.15) is 0 Å². The Labute approximate surface area is 166 Å². The number of nitrogens with zero attached hydrogens (tertiary/aromatic N) is 2. The van der Waals surface area contributed by atoms with Gasteiger partial charge >= 0.3 is 5.97 Å². The van der Waals surface area contributed by atoms with Crippen LogP contribution < -0.4 is 9.80 Å². The summed E-state index contributed by atoms with van der Waals surface area (Å²) in [6, 6.07) is 16.1. The second-order valence-electron chi connectivity index (χ2n) is 6.32. The highest BCUT2D eigenvalue weighted by Gasteiger charge is 2.41. The minimum absolute atomic E-state index is 0.0450. The first-order valence-electron chi connectivity index (χ1n) is 8.60. The maximum Gasteiger partial charge on any atom is 0.374 e. The second-order valence-corrected chi connectivity index (χ2v) is 6.73. The number of fused-ring (bicyclic) bond motifs is 1. The van der Waals surface area contributed by atoms with E-state index in [9.17, 15) is 9.59 Å². The van der Waals surface area contributed by atoms with E-state index in [2.05, 4.69) is 0 Å². The van der Waals surface area contributed by atoms with Crippen LogP contribution in [0.5, 0.6) is 0 Å². The Balaban J connectivity index is 1.96. The van der Waals surface area contributed by atoms with Gasteiger partial charge in [0.25, 0.3) is 5.91 Å².